The molecule has 0 unspecified atom stereocenters. The van der Waals surface area contributed by atoms with Crippen LogP contribution in [0, 0.1) is 0 Å². The maximum atomic E-state index is 5.71. The first-order chi connectivity index (χ1) is 12.1. The Labute approximate surface area is 151 Å². The van der Waals surface area contributed by atoms with Gasteiger partial charge in [-0.05, 0) is 63.2 Å². The minimum atomic E-state index is 0.628. The van der Waals surface area contributed by atoms with Crippen molar-refractivity contribution in [2.45, 2.75) is 27.2 Å². The molecule has 1 heterocycles. The predicted octanol–water partition coefficient (Wildman–Crippen LogP) is 4.75. The van der Waals surface area contributed by atoms with Gasteiger partial charge in [-0.3, -0.25) is 0 Å². The Balaban J connectivity index is 2.33. The summed E-state index contributed by atoms with van der Waals surface area (Å²) in [5.74, 6) is 1.66. The van der Waals surface area contributed by atoms with E-state index in [1.807, 2.05) is 44.3 Å². The molecular weight excluding hydrogens is 310 g/mol. The van der Waals surface area contributed by atoms with Crippen LogP contribution in [0.3, 0.4) is 0 Å². The second-order valence-corrected chi connectivity index (χ2v) is 6.17. The second kappa shape index (κ2) is 9.23. The summed E-state index contributed by atoms with van der Waals surface area (Å²) < 4.78 is 5.71. The van der Waals surface area contributed by atoms with Gasteiger partial charge < -0.3 is 15.0 Å². The highest BCUT2D eigenvalue weighted by Crippen LogP contribution is 2.31. The van der Waals surface area contributed by atoms with Gasteiger partial charge in [0.05, 0.1) is 12.3 Å². The fourth-order valence-corrected chi connectivity index (χ4v) is 2.73. The maximum Gasteiger partial charge on any atom is 0.142 e. The van der Waals surface area contributed by atoms with Crippen LogP contribution in [0.4, 0.5) is 11.5 Å². The van der Waals surface area contributed by atoms with E-state index < -0.39 is 0 Å². The third kappa shape index (κ3) is 5.07. The first-order valence-electron chi connectivity index (χ1n) is 8.87. The van der Waals surface area contributed by atoms with Gasteiger partial charge in [-0.1, -0.05) is 25.6 Å². The lowest BCUT2D eigenvalue weighted by atomic mass is 10.0. The highest BCUT2D eigenvalue weighted by molar-refractivity contribution is 5.78. The van der Waals surface area contributed by atoms with E-state index in [0.717, 1.165) is 47.9 Å². The molecule has 0 aliphatic rings. The number of hydrogen-bond donors (Lipinski definition) is 1. The van der Waals surface area contributed by atoms with Crippen LogP contribution in [-0.4, -0.2) is 36.6 Å². The fraction of sp³-hybridized carbons (Fsp3) is 0.381. The van der Waals surface area contributed by atoms with Crippen molar-refractivity contribution in [1.82, 2.24) is 9.88 Å². The number of nitrogens with zero attached hydrogens (tertiary/aromatic N) is 2. The number of nitrogens with one attached hydrogen (secondary N) is 1. The normalized spacial score (nSPS) is 10.8. The molecule has 25 heavy (non-hydrogen) atoms. The van der Waals surface area contributed by atoms with Crippen LogP contribution in [0.1, 0.15) is 31.9 Å². The van der Waals surface area contributed by atoms with Gasteiger partial charge in [0.15, 0.2) is 0 Å². The monoisotopic (exact) mass is 339 g/mol. The van der Waals surface area contributed by atoms with Crippen LogP contribution in [0.25, 0.3) is 5.57 Å². The first kappa shape index (κ1) is 19.0. The molecule has 0 fully saturated rings. The molecule has 0 atom stereocenters. The summed E-state index contributed by atoms with van der Waals surface area (Å²) in [6.45, 7) is 13.0. The van der Waals surface area contributed by atoms with Crippen molar-refractivity contribution in [2.24, 2.45) is 0 Å². The molecule has 0 spiro atoms. The number of hydrogen-bond acceptors (Lipinski definition) is 4. The summed E-state index contributed by atoms with van der Waals surface area (Å²) in [7, 11) is 2.14. The molecule has 1 aromatic carbocycles. The molecule has 2 rings (SSSR count). The zero-order valence-corrected chi connectivity index (χ0v) is 15.8. The molecule has 0 aliphatic carbocycles. The van der Waals surface area contributed by atoms with Gasteiger partial charge in [-0.15, -0.1) is 0 Å². The number of pyridine rings is 1. The first-order valence-corrected chi connectivity index (χ1v) is 8.87. The molecular formula is C21H29N3O. The summed E-state index contributed by atoms with van der Waals surface area (Å²) in [5.41, 5.74) is 4.29. The number of ether oxygens (including phenoxy) is 1. The number of rotatable bonds is 9. The van der Waals surface area contributed by atoms with Crippen LogP contribution >= 0.6 is 0 Å². The average molecular weight is 339 g/mol. The Morgan fingerprint density at radius 3 is 2.68 bits per heavy atom. The standard InChI is InChI=1S/C21H29N3O/c1-6-24(5)15-13-17-12-14-22-21(20(17)16(3)4)23-18-10-8-9-11-19(18)25-7-2/h8-12,14H,3,6-7,13,15H2,1-2,4-5H3,(H,22,23). The number of allylic oxidation sites excluding steroid dienone is 1. The Morgan fingerprint density at radius 1 is 1.24 bits per heavy atom. The van der Waals surface area contributed by atoms with Crippen LogP contribution < -0.4 is 10.1 Å². The van der Waals surface area contributed by atoms with Gasteiger partial charge >= 0.3 is 0 Å². The van der Waals surface area contributed by atoms with E-state index in [9.17, 15) is 0 Å². The summed E-state index contributed by atoms with van der Waals surface area (Å²) in [6.07, 6.45) is 2.83. The minimum absolute atomic E-state index is 0.628. The van der Waals surface area contributed by atoms with E-state index in [4.69, 9.17) is 4.74 Å². The van der Waals surface area contributed by atoms with Crippen LogP contribution in [-0.2, 0) is 6.42 Å². The van der Waals surface area contributed by atoms with Gasteiger partial charge in [-0.2, -0.15) is 0 Å². The van der Waals surface area contributed by atoms with Crippen molar-refractivity contribution in [3.63, 3.8) is 0 Å². The van der Waals surface area contributed by atoms with Crippen molar-refractivity contribution in [2.75, 3.05) is 32.1 Å². The summed E-state index contributed by atoms with van der Waals surface area (Å²) >= 11 is 0. The van der Waals surface area contributed by atoms with E-state index in [1.54, 1.807) is 0 Å². The molecule has 0 amide bonds. The van der Waals surface area contributed by atoms with E-state index in [1.165, 1.54) is 5.56 Å². The van der Waals surface area contributed by atoms with E-state index in [2.05, 4.69) is 41.8 Å². The van der Waals surface area contributed by atoms with Crippen LogP contribution in [0.15, 0.2) is 43.1 Å². The number of anilines is 2. The fourth-order valence-electron chi connectivity index (χ4n) is 2.73. The summed E-state index contributed by atoms with van der Waals surface area (Å²) in [6, 6.07) is 10.0. The molecule has 0 saturated carbocycles. The number of aromatic nitrogens is 1. The molecule has 1 N–H and O–H groups in total. The molecule has 134 valence electrons. The summed E-state index contributed by atoms with van der Waals surface area (Å²) in [5, 5.41) is 3.44. The highest BCUT2D eigenvalue weighted by Gasteiger charge is 2.13. The molecule has 0 aliphatic heterocycles. The zero-order valence-electron chi connectivity index (χ0n) is 15.8. The third-order valence-electron chi connectivity index (χ3n) is 4.21. The largest absolute Gasteiger partial charge is 0.492 e. The topological polar surface area (TPSA) is 37.4 Å². The van der Waals surface area contributed by atoms with Crippen molar-refractivity contribution >= 4 is 17.1 Å². The van der Waals surface area contributed by atoms with Crippen molar-refractivity contribution in [1.29, 1.82) is 0 Å². The van der Waals surface area contributed by atoms with E-state index >= 15 is 0 Å². The number of likely N-dealkylation sites (N-methyl/N-ethyl adjacent to an activating group) is 1. The SMILES string of the molecule is C=C(C)c1c(CCN(C)CC)ccnc1Nc1ccccc1OCC. The van der Waals surface area contributed by atoms with Gasteiger partial charge in [0.2, 0.25) is 0 Å². The van der Waals surface area contributed by atoms with Gasteiger partial charge in [0.25, 0.3) is 0 Å². The highest BCUT2D eigenvalue weighted by atomic mass is 16.5. The molecule has 0 bridgehead atoms. The van der Waals surface area contributed by atoms with Crippen LogP contribution in [0.2, 0.25) is 0 Å². The quantitative estimate of drug-likeness (QED) is 0.715. The van der Waals surface area contributed by atoms with E-state index in [0.29, 0.717) is 6.61 Å². The Morgan fingerprint density at radius 2 is 2.00 bits per heavy atom. The van der Waals surface area contributed by atoms with Gasteiger partial charge in [-0.25, -0.2) is 4.98 Å². The third-order valence-corrected chi connectivity index (χ3v) is 4.21. The van der Waals surface area contributed by atoms with Gasteiger partial charge in [0.1, 0.15) is 11.6 Å². The molecule has 4 heteroatoms. The molecule has 1 aromatic heterocycles. The molecule has 0 saturated heterocycles. The van der Waals surface area contributed by atoms with Crippen LogP contribution in [0.5, 0.6) is 5.75 Å². The van der Waals surface area contributed by atoms with Crippen molar-refractivity contribution in [3.05, 3.63) is 54.2 Å². The van der Waals surface area contributed by atoms with Crippen molar-refractivity contribution < 1.29 is 4.74 Å². The second-order valence-electron chi connectivity index (χ2n) is 6.17. The van der Waals surface area contributed by atoms with Crippen molar-refractivity contribution in [3.8, 4) is 5.75 Å². The Hall–Kier alpha value is -2.33. The minimum Gasteiger partial charge on any atom is -0.492 e. The smallest absolute Gasteiger partial charge is 0.142 e. The maximum absolute atomic E-state index is 5.71. The number of benzene rings is 1. The Bertz CT molecular complexity index is 712. The predicted molar refractivity (Wildman–Crippen MR) is 107 cm³/mol. The lowest BCUT2D eigenvalue weighted by molar-refractivity contribution is 0.342. The molecule has 2 aromatic rings. The summed E-state index contributed by atoms with van der Waals surface area (Å²) in [4.78, 5) is 6.87. The molecule has 0 radical (unpaired) electrons. The average Bonchev–Trinajstić information content (AvgIpc) is 2.61. The van der Waals surface area contributed by atoms with E-state index in [-0.39, 0.29) is 0 Å². The Kier molecular flexibility index (Phi) is 7.02. The lowest BCUT2D eigenvalue weighted by Gasteiger charge is -2.19. The molecule has 4 nitrogen and oxygen atoms in total. The zero-order chi connectivity index (χ0) is 18.2. The van der Waals surface area contributed by atoms with Gasteiger partial charge in [0, 0.05) is 18.3 Å². The lowest BCUT2D eigenvalue weighted by Crippen LogP contribution is -2.21. The number of para-hydroxylation sites is 2.